The molecule has 0 spiro atoms. The molecule has 0 bridgehead atoms. The van der Waals surface area contributed by atoms with E-state index in [1.165, 1.54) is 5.41 Å². The van der Waals surface area contributed by atoms with Crippen molar-refractivity contribution in [2.75, 3.05) is 0 Å². The van der Waals surface area contributed by atoms with Crippen molar-refractivity contribution >= 4 is 36.0 Å². The van der Waals surface area contributed by atoms with E-state index < -0.39 is 9.84 Å². The van der Waals surface area contributed by atoms with Crippen molar-refractivity contribution in [2.24, 2.45) is 0 Å². The quantitative estimate of drug-likeness (QED) is 0.713. The highest BCUT2D eigenvalue weighted by Gasteiger charge is 2.12. The average molecular weight is 398 g/mol. The van der Waals surface area contributed by atoms with E-state index in [2.05, 4.69) is 22.6 Å². The number of halogens is 1. The molecule has 0 radical (unpaired) electrons. The largest absolute Gasteiger partial charge is 0.219 e. The maximum Gasteiger partial charge on any atom is 0.200 e. The van der Waals surface area contributed by atoms with Gasteiger partial charge in [0.1, 0.15) is 0 Å². The first-order chi connectivity index (χ1) is 9.38. The lowest BCUT2D eigenvalue weighted by Gasteiger charge is -2.04. The Balaban J connectivity index is 2.40. The molecule has 0 aliphatic heterocycles. The van der Waals surface area contributed by atoms with Crippen molar-refractivity contribution < 1.29 is 8.42 Å². The normalized spacial score (nSPS) is 12.4. The van der Waals surface area contributed by atoms with Gasteiger partial charge in [-0.05, 0) is 54.1 Å². The molecule has 0 aromatic heterocycles. The lowest BCUT2D eigenvalue weighted by molar-refractivity contribution is 0.605. The summed E-state index contributed by atoms with van der Waals surface area (Å²) in [6.45, 7) is 3.92. The molecule has 104 valence electrons. The molecule has 0 aliphatic carbocycles. The summed E-state index contributed by atoms with van der Waals surface area (Å²) in [6.07, 6.45) is 0. The van der Waals surface area contributed by atoms with Crippen molar-refractivity contribution in [1.82, 2.24) is 0 Å². The predicted octanol–water partition coefficient (Wildman–Crippen LogP) is 4.51. The first-order valence-electron chi connectivity index (χ1n) is 6.14. The third-order valence-corrected chi connectivity index (χ3v) is 5.73. The fourth-order valence-corrected chi connectivity index (χ4v) is 4.19. The minimum absolute atomic E-state index is 0.324. The molecule has 0 atom stereocenters. The summed E-state index contributed by atoms with van der Waals surface area (Å²) < 4.78 is 25.4. The zero-order chi connectivity index (χ0) is 14.8. The lowest BCUT2D eigenvalue weighted by atomic mass is 10.1. The third kappa shape index (κ3) is 3.70. The molecular formula is C16H15IO2S. The molecule has 0 N–H and O–H groups in total. The Morgan fingerprint density at radius 3 is 2.25 bits per heavy atom. The first kappa shape index (κ1) is 15.3. The van der Waals surface area contributed by atoms with Crippen LogP contribution in [-0.4, -0.2) is 8.42 Å². The summed E-state index contributed by atoms with van der Waals surface area (Å²) in [5, 5.41) is 1.33. The molecule has 0 saturated heterocycles. The maximum absolute atomic E-state index is 12.3. The highest BCUT2D eigenvalue weighted by atomic mass is 127. The smallest absolute Gasteiger partial charge is 0.200 e. The van der Waals surface area contributed by atoms with Crippen molar-refractivity contribution in [3.63, 3.8) is 0 Å². The molecule has 2 aromatic carbocycles. The van der Waals surface area contributed by atoms with Gasteiger partial charge in [-0.25, -0.2) is 8.42 Å². The predicted molar refractivity (Wildman–Crippen MR) is 91.5 cm³/mol. The minimum Gasteiger partial charge on any atom is -0.219 e. The zero-order valence-electron chi connectivity index (χ0n) is 11.3. The molecule has 0 fully saturated rings. The third-order valence-electron chi connectivity index (χ3n) is 2.90. The molecule has 2 rings (SSSR count). The minimum atomic E-state index is -3.41. The van der Waals surface area contributed by atoms with Gasteiger partial charge in [0.05, 0.1) is 4.90 Å². The number of hydrogen-bond donors (Lipinski definition) is 0. The molecule has 0 saturated carbocycles. The van der Waals surface area contributed by atoms with Crippen LogP contribution in [0.25, 0.3) is 3.58 Å². The van der Waals surface area contributed by atoms with Gasteiger partial charge < -0.3 is 0 Å². The van der Waals surface area contributed by atoms with Crippen LogP contribution >= 0.6 is 22.6 Å². The van der Waals surface area contributed by atoms with Crippen molar-refractivity contribution in [1.29, 1.82) is 0 Å². The summed E-state index contributed by atoms with van der Waals surface area (Å²) in [6, 6.07) is 14.7. The van der Waals surface area contributed by atoms with E-state index in [1.54, 1.807) is 24.3 Å². The summed E-state index contributed by atoms with van der Waals surface area (Å²) in [4.78, 5) is 0.324. The van der Waals surface area contributed by atoms with Crippen LogP contribution in [0.15, 0.2) is 58.8 Å². The van der Waals surface area contributed by atoms with Gasteiger partial charge in [-0.3, -0.25) is 0 Å². The molecular weight excluding hydrogens is 383 g/mol. The SMILES string of the molecule is Cc1ccc(S(=O)(=O)/C=C(/I)c2cccc(C)c2)cc1. The number of benzene rings is 2. The van der Waals surface area contributed by atoms with Crippen LogP contribution in [-0.2, 0) is 9.84 Å². The topological polar surface area (TPSA) is 34.1 Å². The Morgan fingerprint density at radius 2 is 1.65 bits per heavy atom. The van der Waals surface area contributed by atoms with Gasteiger partial charge in [-0.2, -0.15) is 0 Å². The number of hydrogen-bond acceptors (Lipinski definition) is 2. The van der Waals surface area contributed by atoms with E-state index in [-0.39, 0.29) is 0 Å². The van der Waals surface area contributed by atoms with Gasteiger partial charge in [0.25, 0.3) is 0 Å². The fourth-order valence-electron chi connectivity index (χ4n) is 1.79. The van der Waals surface area contributed by atoms with Gasteiger partial charge in [-0.15, -0.1) is 0 Å². The van der Waals surface area contributed by atoms with Crippen molar-refractivity contribution in [3.8, 4) is 0 Å². The molecule has 0 amide bonds. The van der Waals surface area contributed by atoms with E-state index in [1.807, 2.05) is 38.1 Å². The summed E-state index contributed by atoms with van der Waals surface area (Å²) in [7, 11) is -3.41. The summed E-state index contributed by atoms with van der Waals surface area (Å²) in [5.74, 6) is 0. The molecule has 4 heteroatoms. The fraction of sp³-hybridized carbons (Fsp3) is 0.125. The van der Waals surface area contributed by atoms with Crippen LogP contribution < -0.4 is 0 Å². The van der Waals surface area contributed by atoms with Gasteiger partial charge in [-0.1, -0.05) is 47.5 Å². The summed E-state index contributed by atoms with van der Waals surface area (Å²) in [5.41, 5.74) is 3.07. The number of rotatable bonds is 3. The first-order valence-corrected chi connectivity index (χ1v) is 8.77. The van der Waals surface area contributed by atoms with Crippen LogP contribution in [0.1, 0.15) is 16.7 Å². The molecule has 0 aliphatic rings. The van der Waals surface area contributed by atoms with E-state index in [0.717, 1.165) is 16.7 Å². The highest BCUT2D eigenvalue weighted by Crippen LogP contribution is 2.26. The Hall–Kier alpha value is -1.14. The second-order valence-corrected chi connectivity index (χ2v) is 7.65. The standard InChI is InChI=1S/C16H15IO2S/c1-12-6-8-15(9-7-12)20(18,19)11-16(17)14-5-3-4-13(2)10-14/h3-11H,1-2H3/b16-11+. The monoisotopic (exact) mass is 398 g/mol. The molecule has 2 nitrogen and oxygen atoms in total. The van der Waals surface area contributed by atoms with Crippen LogP contribution in [0.3, 0.4) is 0 Å². The molecule has 0 unspecified atom stereocenters. The van der Waals surface area contributed by atoms with Gasteiger partial charge in [0, 0.05) is 8.99 Å². The van der Waals surface area contributed by atoms with Crippen LogP contribution in [0.5, 0.6) is 0 Å². The zero-order valence-corrected chi connectivity index (χ0v) is 14.3. The maximum atomic E-state index is 12.3. The van der Waals surface area contributed by atoms with Crippen molar-refractivity contribution in [2.45, 2.75) is 18.7 Å². The molecule has 2 aromatic rings. The second-order valence-electron chi connectivity index (χ2n) is 4.69. The van der Waals surface area contributed by atoms with Crippen LogP contribution in [0, 0.1) is 13.8 Å². The number of aryl methyl sites for hydroxylation is 2. The highest BCUT2D eigenvalue weighted by molar-refractivity contribution is 14.1. The second kappa shape index (κ2) is 6.10. The van der Waals surface area contributed by atoms with E-state index in [9.17, 15) is 8.42 Å². The molecule has 0 heterocycles. The van der Waals surface area contributed by atoms with Crippen molar-refractivity contribution in [3.05, 3.63) is 70.6 Å². The Labute approximate surface area is 133 Å². The van der Waals surface area contributed by atoms with Gasteiger partial charge in [0.15, 0.2) is 0 Å². The Bertz CT molecular complexity index is 744. The number of sulfone groups is 1. The van der Waals surface area contributed by atoms with Crippen LogP contribution in [0.4, 0.5) is 0 Å². The Kier molecular flexibility index (Phi) is 4.65. The Morgan fingerprint density at radius 1 is 1.00 bits per heavy atom. The van der Waals surface area contributed by atoms with E-state index in [4.69, 9.17) is 0 Å². The lowest BCUT2D eigenvalue weighted by Crippen LogP contribution is -1.97. The van der Waals surface area contributed by atoms with E-state index >= 15 is 0 Å². The average Bonchev–Trinajstić information content (AvgIpc) is 2.38. The molecule has 20 heavy (non-hydrogen) atoms. The van der Waals surface area contributed by atoms with Crippen LogP contribution in [0.2, 0.25) is 0 Å². The van der Waals surface area contributed by atoms with E-state index in [0.29, 0.717) is 8.48 Å². The summed E-state index contributed by atoms with van der Waals surface area (Å²) >= 11 is 2.06. The van der Waals surface area contributed by atoms with Gasteiger partial charge in [0.2, 0.25) is 9.84 Å². The van der Waals surface area contributed by atoms with Gasteiger partial charge >= 0.3 is 0 Å².